The van der Waals surface area contributed by atoms with Crippen LogP contribution in [0.25, 0.3) is 0 Å². The largest absolute Gasteiger partial charge is 0.254 e. The minimum atomic E-state index is -1.31. The molecule has 2 nitrogen and oxygen atoms in total. The van der Waals surface area contributed by atoms with Gasteiger partial charge in [0.05, 0.1) is 22.8 Å². The zero-order valence-electron chi connectivity index (χ0n) is 10.1. The van der Waals surface area contributed by atoms with Crippen LogP contribution in [-0.4, -0.2) is 9.96 Å². The van der Waals surface area contributed by atoms with Gasteiger partial charge in [-0.3, -0.25) is 4.21 Å². The van der Waals surface area contributed by atoms with E-state index in [4.69, 9.17) is 0 Å². The highest BCUT2D eigenvalue weighted by Gasteiger charge is 2.15. The van der Waals surface area contributed by atoms with Gasteiger partial charge in [0.15, 0.2) is 0 Å². The first-order valence-electron chi connectivity index (χ1n) is 5.79. The molecule has 0 spiro atoms. The topological polar surface area (TPSA) is 40.9 Å². The van der Waals surface area contributed by atoms with Crippen molar-refractivity contribution in [1.82, 2.24) is 0 Å². The maximum Gasteiger partial charge on any atom is 0.123 e. The molecule has 2 atom stereocenters. The molecule has 0 fully saturated rings. The van der Waals surface area contributed by atoms with E-state index in [1.54, 1.807) is 0 Å². The molecule has 2 aromatic rings. The Morgan fingerprint density at radius 1 is 1.11 bits per heavy atom. The van der Waals surface area contributed by atoms with Gasteiger partial charge in [0.1, 0.15) is 5.82 Å². The van der Waals surface area contributed by atoms with E-state index in [2.05, 4.69) is 6.07 Å². The van der Waals surface area contributed by atoms with Crippen LogP contribution in [0, 0.1) is 17.1 Å². The molecule has 96 valence electrons. The Kier molecular flexibility index (Phi) is 4.43. The van der Waals surface area contributed by atoms with Crippen molar-refractivity contribution >= 4 is 10.8 Å². The van der Waals surface area contributed by atoms with Crippen LogP contribution in [0.2, 0.25) is 0 Å². The van der Waals surface area contributed by atoms with E-state index in [0.29, 0.717) is 4.90 Å². The summed E-state index contributed by atoms with van der Waals surface area (Å²) in [6, 6.07) is 16.9. The molecule has 0 bridgehead atoms. The van der Waals surface area contributed by atoms with E-state index in [1.165, 1.54) is 24.3 Å². The Morgan fingerprint density at radius 3 is 2.32 bits per heavy atom. The summed E-state index contributed by atoms with van der Waals surface area (Å²) in [5, 5.41) is 9.17. The number of rotatable bonds is 4. The summed E-state index contributed by atoms with van der Waals surface area (Å²) < 4.78 is 24.9. The van der Waals surface area contributed by atoms with E-state index in [-0.39, 0.29) is 11.6 Å². The average molecular weight is 273 g/mol. The van der Waals surface area contributed by atoms with E-state index in [1.807, 2.05) is 30.3 Å². The summed E-state index contributed by atoms with van der Waals surface area (Å²) in [6.07, 6.45) is 0. The number of halogens is 1. The van der Waals surface area contributed by atoms with Gasteiger partial charge in [-0.2, -0.15) is 5.26 Å². The lowest BCUT2D eigenvalue weighted by molar-refractivity contribution is 0.626. The van der Waals surface area contributed by atoms with Gasteiger partial charge in [0.2, 0.25) is 0 Å². The first kappa shape index (κ1) is 13.4. The van der Waals surface area contributed by atoms with E-state index in [0.717, 1.165) is 5.56 Å². The molecule has 2 rings (SSSR count). The fraction of sp³-hybridized carbons (Fsp3) is 0.133. The molecule has 19 heavy (non-hydrogen) atoms. The molecule has 0 N–H and O–H groups in total. The Bertz CT molecular complexity index is 604. The molecule has 0 aliphatic rings. The maximum absolute atomic E-state index is 12.8. The lowest BCUT2D eigenvalue weighted by Crippen LogP contribution is -2.08. The third-order valence-corrected chi connectivity index (χ3v) is 4.19. The number of hydrogen-bond donors (Lipinski definition) is 0. The van der Waals surface area contributed by atoms with Crippen LogP contribution in [0.15, 0.2) is 59.5 Å². The van der Waals surface area contributed by atoms with Crippen LogP contribution >= 0.6 is 0 Å². The molecule has 0 amide bonds. The van der Waals surface area contributed by atoms with Crippen molar-refractivity contribution < 1.29 is 8.60 Å². The van der Waals surface area contributed by atoms with Crippen LogP contribution in [-0.2, 0) is 10.8 Å². The van der Waals surface area contributed by atoms with Gasteiger partial charge >= 0.3 is 0 Å². The molecule has 0 aromatic heterocycles. The Morgan fingerprint density at radius 2 is 1.74 bits per heavy atom. The van der Waals surface area contributed by atoms with Gasteiger partial charge in [-0.15, -0.1) is 0 Å². The van der Waals surface area contributed by atoms with Gasteiger partial charge in [-0.05, 0) is 29.8 Å². The molecule has 2 aromatic carbocycles. The second-order valence-electron chi connectivity index (χ2n) is 4.06. The summed E-state index contributed by atoms with van der Waals surface area (Å²) in [7, 11) is -1.31. The third-order valence-electron chi connectivity index (χ3n) is 2.75. The third kappa shape index (κ3) is 3.49. The lowest BCUT2D eigenvalue weighted by Gasteiger charge is -2.09. The summed E-state index contributed by atoms with van der Waals surface area (Å²) in [5.41, 5.74) is 0.848. The normalized spacial score (nSPS) is 13.5. The SMILES string of the molecule is N#CC(CS(=O)c1ccc(F)cc1)c1ccccc1. The van der Waals surface area contributed by atoms with Crippen LogP contribution < -0.4 is 0 Å². The molecule has 0 radical (unpaired) electrons. The molecule has 0 saturated heterocycles. The van der Waals surface area contributed by atoms with E-state index >= 15 is 0 Å². The summed E-state index contributed by atoms with van der Waals surface area (Å²) in [4.78, 5) is 0.539. The zero-order valence-corrected chi connectivity index (χ0v) is 10.9. The number of nitrogens with zero attached hydrogens (tertiary/aromatic N) is 1. The summed E-state index contributed by atoms with van der Waals surface area (Å²) in [5.74, 6) is -0.570. The second-order valence-corrected chi connectivity index (χ2v) is 5.55. The van der Waals surface area contributed by atoms with Crippen LogP contribution in [0.1, 0.15) is 11.5 Å². The predicted molar refractivity (Wildman–Crippen MR) is 72.5 cm³/mol. The monoisotopic (exact) mass is 273 g/mol. The van der Waals surface area contributed by atoms with Crippen molar-refractivity contribution in [3.05, 3.63) is 66.0 Å². The van der Waals surface area contributed by atoms with Crippen molar-refractivity contribution in [2.75, 3.05) is 5.75 Å². The standard InChI is InChI=1S/C15H12FNOS/c16-14-6-8-15(9-7-14)19(18)11-13(10-17)12-4-2-1-3-5-12/h1-9,13H,11H2. The smallest absolute Gasteiger partial charge is 0.123 e. The highest BCUT2D eigenvalue weighted by Crippen LogP contribution is 2.19. The van der Waals surface area contributed by atoms with E-state index in [9.17, 15) is 13.9 Å². The summed E-state index contributed by atoms with van der Waals surface area (Å²) >= 11 is 0. The number of benzene rings is 2. The minimum Gasteiger partial charge on any atom is -0.254 e. The molecular weight excluding hydrogens is 261 g/mol. The Balaban J connectivity index is 2.13. The Hall–Kier alpha value is -1.99. The van der Waals surface area contributed by atoms with Crippen molar-refractivity contribution in [2.45, 2.75) is 10.8 Å². The van der Waals surface area contributed by atoms with Crippen LogP contribution in [0.3, 0.4) is 0 Å². The second kappa shape index (κ2) is 6.26. The van der Waals surface area contributed by atoms with Crippen molar-refractivity contribution in [3.63, 3.8) is 0 Å². The van der Waals surface area contributed by atoms with Crippen molar-refractivity contribution in [3.8, 4) is 6.07 Å². The van der Waals surface area contributed by atoms with Gasteiger partial charge < -0.3 is 0 Å². The van der Waals surface area contributed by atoms with Crippen LogP contribution in [0.4, 0.5) is 4.39 Å². The Labute approximate surface area is 114 Å². The predicted octanol–water partition coefficient (Wildman–Crippen LogP) is 3.24. The number of hydrogen-bond acceptors (Lipinski definition) is 2. The van der Waals surface area contributed by atoms with Gasteiger partial charge in [0.25, 0.3) is 0 Å². The summed E-state index contributed by atoms with van der Waals surface area (Å²) in [6.45, 7) is 0. The molecule has 4 heteroatoms. The van der Waals surface area contributed by atoms with Gasteiger partial charge in [0, 0.05) is 10.6 Å². The average Bonchev–Trinajstić information content (AvgIpc) is 2.46. The lowest BCUT2D eigenvalue weighted by atomic mass is 10.0. The van der Waals surface area contributed by atoms with Crippen LogP contribution in [0.5, 0.6) is 0 Å². The number of nitriles is 1. The first-order valence-corrected chi connectivity index (χ1v) is 7.11. The molecule has 0 heterocycles. The highest BCUT2D eigenvalue weighted by molar-refractivity contribution is 7.85. The zero-order chi connectivity index (χ0) is 13.7. The molecule has 2 unspecified atom stereocenters. The quantitative estimate of drug-likeness (QED) is 0.858. The van der Waals surface area contributed by atoms with Crippen molar-refractivity contribution in [1.29, 1.82) is 5.26 Å². The fourth-order valence-electron chi connectivity index (χ4n) is 1.73. The molecule has 0 aliphatic heterocycles. The van der Waals surface area contributed by atoms with E-state index < -0.39 is 16.7 Å². The van der Waals surface area contributed by atoms with Gasteiger partial charge in [-0.25, -0.2) is 4.39 Å². The maximum atomic E-state index is 12.8. The fourth-order valence-corrected chi connectivity index (χ4v) is 2.93. The van der Waals surface area contributed by atoms with Gasteiger partial charge in [-0.1, -0.05) is 30.3 Å². The molecular formula is C15H12FNOS. The molecule has 0 saturated carbocycles. The van der Waals surface area contributed by atoms with Crippen molar-refractivity contribution in [2.24, 2.45) is 0 Å². The highest BCUT2D eigenvalue weighted by atomic mass is 32.2. The molecule has 0 aliphatic carbocycles. The minimum absolute atomic E-state index is 0.214. The first-order chi connectivity index (χ1) is 9.20.